The lowest BCUT2D eigenvalue weighted by Crippen LogP contribution is -2.44. The molecule has 4 aromatic rings. The van der Waals surface area contributed by atoms with Crippen molar-refractivity contribution < 1.29 is 33.8 Å². The number of primary amides is 1. The number of hydrogen-bond acceptors (Lipinski definition) is 6. The molecule has 3 atom stereocenters. The Balaban J connectivity index is 1.44. The van der Waals surface area contributed by atoms with Crippen molar-refractivity contribution in [1.29, 1.82) is 0 Å². The normalized spacial score (nSPS) is 18.3. The van der Waals surface area contributed by atoms with Gasteiger partial charge in [0.25, 0.3) is 11.8 Å². The number of carboxylic acids is 1. The molecule has 5 N–H and O–H groups in total. The van der Waals surface area contributed by atoms with E-state index in [1.807, 2.05) is 42.5 Å². The number of urea groups is 1. The van der Waals surface area contributed by atoms with Gasteiger partial charge in [-0.15, -0.1) is 0 Å². The highest BCUT2D eigenvalue weighted by Gasteiger charge is 2.53. The van der Waals surface area contributed by atoms with E-state index >= 15 is 0 Å². The number of imide groups is 1. The third-order valence-corrected chi connectivity index (χ3v) is 7.86. The molecule has 0 bridgehead atoms. The Hall–Kier alpha value is -5.65. The van der Waals surface area contributed by atoms with Crippen LogP contribution in [0.5, 0.6) is 5.75 Å². The maximum atomic E-state index is 14.3. The number of fused-ring (bicyclic) bond motifs is 4. The highest BCUT2D eigenvalue weighted by Crippen LogP contribution is 2.45. The molecule has 43 heavy (non-hydrogen) atoms. The highest BCUT2D eigenvalue weighted by atomic mass is 16.5. The third kappa shape index (κ3) is 4.62. The molecule has 3 heterocycles. The highest BCUT2D eigenvalue weighted by molar-refractivity contribution is 6.24. The number of H-pyrrole nitrogens is 1. The zero-order chi connectivity index (χ0) is 30.4. The van der Waals surface area contributed by atoms with Crippen molar-refractivity contribution in [3.63, 3.8) is 0 Å². The van der Waals surface area contributed by atoms with Crippen molar-refractivity contribution in [3.8, 4) is 5.75 Å². The van der Waals surface area contributed by atoms with Gasteiger partial charge in [-0.2, -0.15) is 0 Å². The number of methoxy groups -OCH3 is 1. The van der Waals surface area contributed by atoms with Gasteiger partial charge in [-0.05, 0) is 41.5 Å². The summed E-state index contributed by atoms with van der Waals surface area (Å²) in [7, 11) is 1.55. The zero-order valence-electron chi connectivity index (χ0n) is 22.9. The third-order valence-electron chi connectivity index (χ3n) is 7.86. The summed E-state index contributed by atoms with van der Waals surface area (Å²) < 4.78 is 5.45. The molecule has 1 unspecified atom stereocenters. The molecule has 6 rings (SSSR count). The Morgan fingerprint density at radius 2 is 1.81 bits per heavy atom. The maximum Gasteiger partial charge on any atom is 0.332 e. The van der Waals surface area contributed by atoms with Crippen LogP contribution in [0, 0.1) is 0 Å². The summed E-state index contributed by atoms with van der Waals surface area (Å²) in [6.45, 7) is 0. The summed E-state index contributed by atoms with van der Waals surface area (Å²) in [5, 5.41) is 12.7. The van der Waals surface area contributed by atoms with Gasteiger partial charge < -0.3 is 25.9 Å². The van der Waals surface area contributed by atoms with Crippen molar-refractivity contribution in [3.05, 3.63) is 95.2 Å². The van der Waals surface area contributed by atoms with E-state index in [0.29, 0.717) is 5.75 Å². The van der Waals surface area contributed by atoms with Crippen LogP contribution < -0.4 is 20.7 Å². The summed E-state index contributed by atoms with van der Waals surface area (Å²) in [4.78, 5) is 70.6. The molecule has 5 amide bonds. The van der Waals surface area contributed by atoms with E-state index in [0.717, 1.165) is 32.6 Å². The number of aromatic nitrogens is 1. The van der Waals surface area contributed by atoms with Crippen LogP contribution in [0.15, 0.2) is 72.8 Å². The first-order valence-corrected chi connectivity index (χ1v) is 13.5. The molecule has 1 aromatic heterocycles. The van der Waals surface area contributed by atoms with Gasteiger partial charge in [0.05, 0.1) is 24.8 Å². The largest absolute Gasteiger partial charge is 0.497 e. The minimum atomic E-state index is -1.59. The smallest absolute Gasteiger partial charge is 0.332 e. The summed E-state index contributed by atoms with van der Waals surface area (Å²) in [6.07, 6.45) is -0.385. The number of nitrogens with two attached hydrogens (primary N) is 1. The summed E-state index contributed by atoms with van der Waals surface area (Å²) in [6, 6.07) is 17.1. The van der Waals surface area contributed by atoms with E-state index < -0.39 is 54.3 Å². The number of hydrogen-bond donors (Lipinski definition) is 4. The van der Waals surface area contributed by atoms with E-state index in [2.05, 4.69) is 10.3 Å². The molecule has 12 heteroatoms. The SMILES string of the molecule is COc1cccc(C2c3[nH]c4ccccc4c3C[C@H]3C(=O)N(c4ccccc4C(=O)N[C@@H](CC(N)=O)C(=O)O)C(=O)N23)c1. The lowest BCUT2D eigenvalue weighted by atomic mass is 9.89. The second-order valence-electron chi connectivity index (χ2n) is 10.4. The van der Waals surface area contributed by atoms with E-state index in [1.54, 1.807) is 19.2 Å². The standard InChI is InChI=1S/C31H27N5O7/c1-43-17-8-6-7-16(13-17)27-26-20(18-9-2-4-11-21(18)33-26)14-24-29(39)36(31(42)35(24)27)23-12-5-3-10-19(23)28(38)34-22(30(40)41)15-25(32)37/h2-13,22,24,27,33H,14-15H2,1H3,(H2,32,37)(H,34,38)(H,40,41)/t22-,24-,27?/m0/s1. The second kappa shape index (κ2) is 10.6. The van der Waals surface area contributed by atoms with Gasteiger partial charge in [0.2, 0.25) is 5.91 Å². The molecule has 0 aliphatic carbocycles. The molecular formula is C31H27N5O7. The Kier molecular flexibility index (Phi) is 6.81. The van der Waals surface area contributed by atoms with Gasteiger partial charge in [-0.1, -0.05) is 42.5 Å². The molecular weight excluding hydrogens is 554 g/mol. The van der Waals surface area contributed by atoms with Gasteiger partial charge >= 0.3 is 12.0 Å². The number of carbonyl (C=O) groups excluding carboxylic acids is 4. The van der Waals surface area contributed by atoms with Gasteiger partial charge in [0.15, 0.2) is 0 Å². The van der Waals surface area contributed by atoms with E-state index in [-0.39, 0.29) is 17.7 Å². The molecule has 218 valence electrons. The number of para-hydroxylation sites is 2. The van der Waals surface area contributed by atoms with E-state index in [9.17, 15) is 29.1 Å². The lowest BCUT2D eigenvalue weighted by Gasteiger charge is -2.36. The van der Waals surface area contributed by atoms with Crippen LogP contribution in [0.3, 0.4) is 0 Å². The second-order valence-corrected chi connectivity index (χ2v) is 10.4. The molecule has 2 aliphatic heterocycles. The minimum absolute atomic E-state index is 0.00877. The van der Waals surface area contributed by atoms with Crippen molar-refractivity contribution in [2.45, 2.75) is 31.0 Å². The van der Waals surface area contributed by atoms with Gasteiger partial charge in [-0.25, -0.2) is 14.5 Å². The van der Waals surface area contributed by atoms with Crippen LogP contribution in [-0.2, 0) is 20.8 Å². The number of carbonyl (C=O) groups is 5. The number of aromatic amines is 1. The topological polar surface area (TPSA) is 175 Å². The Morgan fingerprint density at radius 3 is 2.56 bits per heavy atom. The van der Waals surface area contributed by atoms with Gasteiger partial charge in [0.1, 0.15) is 23.9 Å². The number of ether oxygens (including phenoxy) is 1. The fourth-order valence-electron chi connectivity index (χ4n) is 5.95. The number of nitrogens with zero attached hydrogens (tertiary/aromatic N) is 2. The number of carboxylic acid groups (broad SMARTS) is 1. The number of anilines is 1. The minimum Gasteiger partial charge on any atom is -0.497 e. The van der Waals surface area contributed by atoms with Crippen LogP contribution in [-0.4, -0.2) is 63.9 Å². The number of benzene rings is 3. The molecule has 2 aliphatic rings. The van der Waals surface area contributed by atoms with Crippen molar-refractivity contribution >= 4 is 46.3 Å². The van der Waals surface area contributed by atoms with Gasteiger partial charge in [-0.3, -0.25) is 19.3 Å². The summed E-state index contributed by atoms with van der Waals surface area (Å²) >= 11 is 0. The average molecular weight is 582 g/mol. The first-order chi connectivity index (χ1) is 20.7. The van der Waals surface area contributed by atoms with Crippen LogP contribution in [0.4, 0.5) is 10.5 Å². The number of nitrogens with one attached hydrogen (secondary N) is 2. The summed E-state index contributed by atoms with van der Waals surface area (Å²) in [5.41, 5.74) is 8.32. The quantitative estimate of drug-likeness (QED) is 0.231. The Labute approximate surface area is 245 Å². The Morgan fingerprint density at radius 1 is 1.07 bits per heavy atom. The molecule has 1 fully saturated rings. The summed E-state index contributed by atoms with van der Waals surface area (Å²) in [5.74, 6) is -3.19. The molecule has 0 radical (unpaired) electrons. The van der Waals surface area contributed by atoms with Crippen molar-refractivity contribution in [2.24, 2.45) is 5.73 Å². The Bertz CT molecular complexity index is 1820. The fraction of sp³-hybridized carbons (Fsp3) is 0.194. The fourth-order valence-corrected chi connectivity index (χ4v) is 5.95. The lowest BCUT2D eigenvalue weighted by molar-refractivity contribution is -0.141. The predicted molar refractivity (Wildman–Crippen MR) is 154 cm³/mol. The van der Waals surface area contributed by atoms with Crippen molar-refractivity contribution in [1.82, 2.24) is 15.2 Å². The molecule has 12 nitrogen and oxygen atoms in total. The van der Waals surface area contributed by atoms with Gasteiger partial charge in [0, 0.05) is 23.0 Å². The average Bonchev–Trinajstić information content (AvgIpc) is 3.49. The van der Waals surface area contributed by atoms with E-state index in [4.69, 9.17) is 10.5 Å². The molecule has 0 saturated carbocycles. The van der Waals surface area contributed by atoms with Crippen LogP contribution >= 0.6 is 0 Å². The zero-order valence-corrected chi connectivity index (χ0v) is 22.9. The first kappa shape index (κ1) is 27.5. The number of amides is 5. The van der Waals surface area contributed by atoms with E-state index in [1.165, 1.54) is 23.1 Å². The van der Waals surface area contributed by atoms with Crippen LogP contribution in [0.1, 0.15) is 39.6 Å². The van der Waals surface area contributed by atoms with Crippen LogP contribution in [0.2, 0.25) is 0 Å². The predicted octanol–water partition coefficient (Wildman–Crippen LogP) is 2.72. The molecule has 3 aromatic carbocycles. The molecule has 0 spiro atoms. The molecule has 1 saturated heterocycles. The first-order valence-electron chi connectivity index (χ1n) is 13.5. The monoisotopic (exact) mass is 581 g/mol. The van der Waals surface area contributed by atoms with Crippen LogP contribution in [0.25, 0.3) is 10.9 Å². The number of rotatable bonds is 8. The van der Waals surface area contributed by atoms with Crippen molar-refractivity contribution in [2.75, 3.05) is 12.0 Å². The maximum absolute atomic E-state index is 14.3. The number of aliphatic carboxylic acids is 1.